The molecule has 2 atom stereocenters. The Morgan fingerprint density at radius 1 is 1.16 bits per heavy atom. The van der Waals surface area contributed by atoms with E-state index in [9.17, 15) is 0 Å². The van der Waals surface area contributed by atoms with Crippen LogP contribution in [0.15, 0.2) is 18.2 Å². The van der Waals surface area contributed by atoms with E-state index in [1.54, 1.807) is 6.07 Å². The molecular weight excluding hydrogens is 240 g/mol. The van der Waals surface area contributed by atoms with Crippen molar-refractivity contribution in [2.24, 2.45) is 5.92 Å². The Balaban J connectivity index is 1.99. The summed E-state index contributed by atoms with van der Waals surface area (Å²) in [7, 11) is 0. The summed E-state index contributed by atoms with van der Waals surface area (Å²) in [6.07, 6.45) is 3.47. The fourth-order valence-electron chi connectivity index (χ4n) is 2.83. The Labute approximate surface area is 111 Å². The van der Waals surface area contributed by atoms with Crippen LogP contribution in [-0.4, -0.2) is 20.2 Å². The fourth-order valence-corrected chi connectivity index (χ4v) is 2.83. The average Bonchev–Trinajstić information content (AvgIpc) is 2.95. The third-order valence-electron chi connectivity index (χ3n) is 3.74. The first kappa shape index (κ1) is 12.0. The molecule has 1 aromatic carbocycles. The number of benzene rings is 1. The van der Waals surface area contributed by atoms with Gasteiger partial charge >= 0.3 is 0 Å². The lowest BCUT2D eigenvalue weighted by Crippen LogP contribution is -2.09. The Bertz CT molecular complexity index is 570. The van der Waals surface area contributed by atoms with Crippen LogP contribution in [0.5, 0.6) is 0 Å². The molecule has 2 aromatic rings. The molecule has 0 radical (unpaired) electrons. The molecule has 4 N–H and O–H groups in total. The van der Waals surface area contributed by atoms with Gasteiger partial charge in [-0.3, -0.25) is 0 Å². The second kappa shape index (κ2) is 4.53. The average molecular weight is 258 g/mol. The molecule has 1 aliphatic carbocycles. The molecule has 100 valence electrons. The Morgan fingerprint density at radius 3 is 2.53 bits per heavy atom. The molecule has 0 spiro atoms. The minimum atomic E-state index is 0.377. The predicted octanol–water partition coefficient (Wildman–Crippen LogP) is 1.87. The molecule has 0 amide bonds. The highest BCUT2D eigenvalue weighted by Gasteiger charge is 2.26. The summed E-state index contributed by atoms with van der Waals surface area (Å²) in [5.41, 5.74) is 13.8. The monoisotopic (exact) mass is 258 g/mol. The van der Waals surface area contributed by atoms with Crippen LogP contribution in [0.1, 0.15) is 32.2 Å². The second-order valence-corrected chi connectivity index (χ2v) is 5.41. The molecule has 0 aliphatic heterocycles. The van der Waals surface area contributed by atoms with Crippen molar-refractivity contribution in [1.82, 2.24) is 20.2 Å². The van der Waals surface area contributed by atoms with Gasteiger partial charge in [0.05, 0.1) is 6.04 Å². The van der Waals surface area contributed by atoms with Gasteiger partial charge in [-0.05, 0) is 53.8 Å². The number of hydrogen-bond acceptors (Lipinski definition) is 5. The van der Waals surface area contributed by atoms with E-state index < -0.39 is 0 Å². The quantitative estimate of drug-likeness (QED) is 0.802. The Kier molecular flexibility index (Phi) is 2.85. The number of nitrogens with zero attached hydrogens (tertiary/aromatic N) is 4. The van der Waals surface area contributed by atoms with Crippen molar-refractivity contribution in [3.05, 3.63) is 18.2 Å². The van der Waals surface area contributed by atoms with E-state index in [1.807, 2.05) is 16.8 Å². The summed E-state index contributed by atoms with van der Waals surface area (Å²) in [6.45, 7) is 2.27. The summed E-state index contributed by atoms with van der Waals surface area (Å²) in [4.78, 5) is 0. The van der Waals surface area contributed by atoms with E-state index in [-0.39, 0.29) is 0 Å². The third kappa shape index (κ3) is 2.25. The molecule has 0 saturated heterocycles. The van der Waals surface area contributed by atoms with Crippen molar-refractivity contribution in [3.63, 3.8) is 0 Å². The first-order valence-corrected chi connectivity index (χ1v) is 6.58. The van der Waals surface area contributed by atoms with Crippen LogP contribution in [0.3, 0.4) is 0 Å². The van der Waals surface area contributed by atoms with Crippen molar-refractivity contribution >= 4 is 11.4 Å². The zero-order valence-electron chi connectivity index (χ0n) is 11.0. The van der Waals surface area contributed by atoms with Crippen molar-refractivity contribution < 1.29 is 0 Å². The predicted molar refractivity (Wildman–Crippen MR) is 74.1 cm³/mol. The number of nitrogen functional groups attached to an aromatic ring is 2. The number of anilines is 2. The Hall–Kier alpha value is -2.11. The maximum absolute atomic E-state index is 5.83. The number of rotatable bonds is 2. The van der Waals surface area contributed by atoms with Crippen molar-refractivity contribution in [2.45, 2.75) is 32.2 Å². The lowest BCUT2D eigenvalue weighted by Gasteiger charge is -2.12. The van der Waals surface area contributed by atoms with Crippen LogP contribution in [0.25, 0.3) is 11.4 Å². The smallest absolute Gasteiger partial charge is 0.182 e. The first-order valence-electron chi connectivity index (χ1n) is 6.58. The number of nitrogens with two attached hydrogens (primary N) is 2. The molecule has 6 heteroatoms. The molecule has 1 aliphatic rings. The number of aromatic nitrogens is 4. The van der Waals surface area contributed by atoms with Gasteiger partial charge < -0.3 is 11.5 Å². The molecular formula is C13H18N6. The highest BCUT2D eigenvalue weighted by Crippen LogP contribution is 2.36. The van der Waals surface area contributed by atoms with Crippen molar-refractivity contribution in [1.29, 1.82) is 0 Å². The normalized spacial score (nSPS) is 22.8. The lowest BCUT2D eigenvalue weighted by molar-refractivity contribution is 0.443. The Morgan fingerprint density at radius 2 is 1.89 bits per heavy atom. The maximum Gasteiger partial charge on any atom is 0.182 e. The lowest BCUT2D eigenvalue weighted by atomic mass is 10.1. The third-order valence-corrected chi connectivity index (χ3v) is 3.74. The molecule has 19 heavy (non-hydrogen) atoms. The molecule has 0 bridgehead atoms. The van der Waals surface area contributed by atoms with Crippen molar-refractivity contribution in [2.75, 3.05) is 11.5 Å². The summed E-state index contributed by atoms with van der Waals surface area (Å²) in [5, 5.41) is 12.1. The molecule has 6 nitrogen and oxygen atoms in total. The van der Waals surface area contributed by atoms with Crippen LogP contribution in [0, 0.1) is 5.92 Å². The van der Waals surface area contributed by atoms with Crippen molar-refractivity contribution in [3.8, 4) is 11.4 Å². The maximum atomic E-state index is 5.83. The van der Waals surface area contributed by atoms with Gasteiger partial charge in [-0.1, -0.05) is 6.92 Å². The van der Waals surface area contributed by atoms with Gasteiger partial charge in [0.2, 0.25) is 0 Å². The molecule has 1 fully saturated rings. The summed E-state index contributed by atoms with van der Waals surface area (Å²) in [6, 6.07) is 5.83. The van der Waals surface area contributed by atoms with Crippen LogP contribution in [-0.2, 0) is 0 Å². The van der Waals surface area contributed by atoms with Gasteiger partial charge in [-0.15, -0.1) is 5.10 Å². The highest BCUT2D eigenvalue weighted by atomic mass is 15.5. The zero-order chi connectivity index (χ0) is 13.4. The van der Waals surface area contributed by atoms with Gasteiger partial charge in [0, 0.05) is 16.9 Å². The SMILES string of the molecule is CC1CCC(n2nnnc2-c2cc(N)cc(N)c2)C1. The summed E-state index contributed by atoms with van der Waals surface area (Å²) in [5.74, 6) is 1.48. The van der Waals surface area contributed by atoms with Gasteiger partial charge in [-0.25, -0.2) is 4.68 Å². The van der Waals surface area contributed by atoms with Gasteiger partial charge in [-0.2, -0.15) is 0 Å². The fraction of sp³-hybridized carbons (Fsp3) is 0.462. The summed E-state index contributed by atoms with van der Waals surface area (Å²) >= 11 is 0. The van der Waals surface area contributed by atoms with E-state index in [0.29, 0.717) is 17.4 Å². The minimum Gasteiger partial charge on any atom is -0.399 e. The van der Waals surface area contributed by atoms with E-state index in [0.717, 1.165) is 30.1 Å². The second-order valence-electron chi connectivity index (χ2n) is 5.41. The van der Waals surface area contributed by atoms with Gasteiger partial charge in [0.15, 0.2) is 5.82 Å². The summed E-state index contributed by atoms with van der Waals surface area (Å²) < 4.78 is 1.91. The molecule has 2 unspecified atom stereocenters. The zero-order valence-corrected chi connectivity index (χ0v) is 11.0. The van der Waals surface area contributed by atoms with E-state index in [1.165, 1.54) is 6.42 Å². The van der Waals surface area contributed by atoms with Gasteiger partial charge in [0.1, 0.15) is 0 Å². The van der Waals surface area contributed by atoms with E-state index in [2.05, 4.69) is 22.4 Å². The van der Waals surface area contributed by atoms with Crippen LogP contribution in [0.4, 0.5) is 11.4 Å². The molecule has 1 aromatic heterocycles. The molecule has 3 rings (SSSR count). The van der Waals surface area contributed by atoms with Crippen LogP contribution in [0.2, 0.25) is 0 Å². The first-order chi connectivity index (χ1) is 9.13. The van der Waals surface area contributed by atoms with E-state index in [4.69, 9.17) is 11.5 Å². The highest BCUT2D eigenvalue weighted by molar-refractivity contribution is 5.67. The minimum absolute atomic E-state index is 0.377. The van der Waals surface area contributed by atoms with Crippen LogP contribution >= 0.6 is 0 Å². The standard InChI is InChI=1S/C13H18N6/c1-8-2-3-12(4-8)19-13(16-17-18-19)9-5-10(14)7-11(15)6-9/h5-8,12H,2-4,14-15H2,1H3. The van der Waals surface area contributed by atoms with Crippen LogP contribution < -0.4 is 11.5 Å². The van der Waals surface area contributed by atoms with E-state index >= 15 is 0 Å². The number of tetrazole rings is 1. The van der Waals surface area contributed by atoms with Gasteiger partial charge in [0.25, 0.3) is 0 Å². The topological polar surface area (TPSA) is 95.6 Å². The largest absolute Gasteiger partial charge is 0.399 e. The number of hydrogen-bond donors (Lipinski definition) is 2. The molecule has 1 heterocycles. The molecule has 1 saturated carbocycles.